The van der Waals surface area contributed by atoms with Crippen LogP contribution in [0.4, 0.5) is 0 Å². The van der Waals surface area contributed by atoms with Crippen molar-refractivity contribution in [3.63, 3.8) is 0 Å². The van der Waals surface area contributed by atoms with Crippen molar-refractivity contribution in [1.29, 1.82) is 0 Å². The fourth-order valence-electron chi connectivity index (χ4n) is 14.7. The van der Waals surface area contributed by atoms with E-state index in [0.29, 0.717) is 35.6 Å². The average molecular weight is 852 g/mol. The Kier molecular flexibility index (Phi) is 12.2. The molecule has 0 radical (unpaired) electrons. The number of rotatable bonds is 7. The summed E-state index contributed by atoms with van der Waals surface area (Å²) < 4.78 is 37.0. The molecule has 3 saturated carbocycles. The zero-order chi connectivity index (χ0) is 42.7. The Bertz CT molecular complexity index is 1570. The van der Waals surface area contributed by atoms with E-state index in [1.165, 1.54) is 58.1 Å². The summed E-state index contributed by atoms with van der Waals surface area (Å²) >= 11 is 0. The standard InChI is InChI=1S/C45H73NO14/c1-19-7-10-28-20(2)31-29(46(28)17-19)16-27-25-9-8-23-15-24(11-13-44(23,5)26(25)12-14-45(27,31)6)57-43-40(60-42-38(54)36(52)33(49)22(4)56-42)39(34(50)30(18-47)58-43)59-41-37(53)35(51)32(48)21(3)55-41/h8,19-22,24-43,47-54H,7,9-18H2,1-6H3/t19-,20+,21+,22+,24-,25+,26-,27-,28+,29-,30+,31-,32-,33-,34+,35+,36+,37+,38+,39-,40+,41-,42+,43+,44-,45-/m0/s1. The van der Waals surface area contributed by atoms with Gasteiger partial charge in [0, 0.05) is 18.6 Å². The first kappa shape index (κ1) is 44.3. The van der Waals surface area contributed by atoms with Crippen LogP contribution in [0.1, 0.15) is 99.3 Å². The van der Waals surface area contributed by atoms with Crippen molar-refractivity contribution in [1.82, 2.24) is 4.90 Å². The van der Waals surface area contributed by atoms with Gasteiger partial charge in [-0.2, -0.15) is 0 Å². The van der Waals surface area contributed by atoms with Gasteiger partial charge in [-0.3, -0.25) is 4.90 Å². The molecule has 26 atom stereocenters. The van der Waals surface area contributed by atoms with E-state index in [0.717, 1.165) is 43.1 Å². The molecule has 0 spiro atoms. The topological polar surface area (TPSA) is 220 Å². The molecule has 0 bridgehead atoms. The Morgan fingerprint density at radius 1 is 0.683 bits per heavy atom. The third kappa shape index (κ3) is 7.11. The maximum Gasteiger partial charge on any atom is 0.187 e. The summed E-state index contributed by atoms with van der Waals surface area (Å²) in [5, 5.41) is 85.9. The molecule has 9 aliphatic rings. The average Bonchev–Trinajstić information content (AvgIpc) is 3.69. The Hall–Kier alpha value is -0.860. The second-order valence-electron chi connectivity index (χ2n) is 21.2. The largest absolute Gasteiger partial charge is 0.394 e. The van der Waals surface area contributed by atoms with Crippen LogP contribution < -0.4 is 0 Å². The maximum absolute atomic E-state index is 11.6. The van der Waals surface area contributed by atoms with Crippen molar-refractivity contribution in [2.75, 3.05) is 13.2 Å². The summed E-state index contributed by atoms with van der Waals surface area (Å²) in [7, 11) is 0. The van der Waals surface area contributed by atoms with E-state index >= 15 is 0 Å². The van der Waals surface area contributed by atoms with E-state index in [1.54, 1.807) is 0 Å². The van der Waals surface area contributed by atoms with Gasteiger partial charge >= 0.3 is 0 Å². The zero-order valence-corrected chi connectivity index (χ0v) is 36.2. The van der Waals surface area contributed by atoms with Gasteiger partial charge in [-0.1, -0.05) is 39.3 Å². The molecule has 5 heterocycles. The molecule has 0 aromatic heterocycles. The normalized spacial score (nSPS) is 58.1. The second-order valence-corrected chi connectivity index (χ2v) is 21.2. The van der Waals surface area contributed by atoms with Gasteiger partial charge in [-0.25, -0.2) is 0 Å². The van der Waals surface area contributed by atoms with Gasteiger partial charge in [0.15, 0.2) is 18.9 Å². The molecule has 8 fully saturated rings. The van der Waals surface area contributed by atoms with Crippen LogP contribution in [0.3, 0.4) is 0 Å². The van der Waals surface area contributed by atoms with Crippen LogP contribution in [0.15, 0.2) is 11.6 Å². The van der Waals surface area contributed by atoms with Crippen LogP contribution in [-0.4, -0.2) is 169 Å². The Labute approximate surface area is 354 Å². The minimum Gasteiger partial charge on any atom is -0.394 e. The molecule has 60 heavy (non-hydrogen) atoms. The fraction of sp³-hybridized carbons (Fsp3) is 0.956. The number of fused-ring (bicyclic) bond motifs is 9. The van der Waals surface area contributed by atoms with Gasteiger partial charge in [0.1, 0.15) is 61.0 Å². The number of aliphatic hydroxyl groups excluding tert-OH is 8. The van der Waals surface area contributed by atoms with Gasteiger partial charge < -0.3 is 69.3 Å². The lowest BCUT2D eigenvalue weighted by atomic mass is 9.47. The van der Waals surface area contributed by atoms with Crippen molar-refractivity contribution in [3.8, 4) is 0 Å². The van der Waals surface area contributed by atoms with Crippen LogP contribution in [0.25, 0.3) is 0 Å². The van der Waals surface area contributed by atoms with Gasteiger partial charge in [-0.05, 0) is 118 Å². The highest BCUT2D eigenvalue weighted by atomic mass is 16.8. The van der Waals surface area contributed by atoms with Crippen LogP contribution >= 0.6 is 0 Å². The van der Waals surface area contributed by atoms with Crippen molar-refractivity contribution >= 4 is 0 Å². The first-order valence-corrected chi connectivity index (χ1v) is 23.2. The molecule has 15 nitrogen and oxygen atoms in total. The molecule has 15 heteroatoms. The zero-order valence-electron chi connectivity index (χ0n) is 36.2. The summed E-state index contributed by atoms with van der Waals surface area (Å²) in [6.07, 6.45) is -9.40. The lowest BCUT2D eigenvalue weighted by Crippen LogP contribution is -2.67. The van der Waals surface area contributed by atoms with Crippen molar-refractivity contribution in [2.45, 2.75) is 210 Å². The highest BCUT2D eigenvalue weighted by Crippen LogP contribution is 2.70. The molecule has 0 amide bonds. The molecule has 342 valence electrons. The van der Waals surface area contributed by atoms with Crippen LogP contribution in [0, 0.1) is 46.3 Å². The van der Waals surface area contributed by atoms with Crippen molar-refractivity contribution in [3.05, 3.63) is 11.6 Å². The second kappa shape index (κ2) is 16.5. The van der Waals surface area contributed by atoms with Crippen LogP contribution in [0.2, 0.25) is 0 Å². The molecule has 9 rings (SSSR count). The van der Waals surface area contributed by atoms with E-state index in [4.69, 9.17) is 28.4 Å². The monoisotopic (exact) mass is 852 g/mol. The van der Waals surface area contributed by atoms with E-state index < -0.39 is 98.7 Å². The lowest BCUT2D eigenvalue weighted by molar-refractivity contribution is -0.393. The minimum absolute atomic E-state index is 0.0259. The number of hydrogen-bond acceptors (Lipinski definition) is 15. The van der Waals surface area contributed by atoms with E-state index in [-0.39, 0.29) is 11.5 Å². The molecule has 0 aromatic rings. The maximum atomic E-state index is 11.6. The molecule has 8 N–H and O–H groups in total. The molecule has 5 aliphatic heterocycles. The molecule has 4 aliphatic carbocycles. The lowest BCUT2D eigenvalue weighted by Gasteiger charge is -2.58. The molecular weight excluding hydrogens is 778 g/mol. The number of aliphatic hydroxyl groups is 8. The number of piperidine rings is 1. The van der Waals surface area contributed by atoms with E-state index in [2.05, 4.69) is 38.7 Å². The SMILES string of the molecule is C[C@H]1CC[C@@H]2[C@@H](C)[C@H]3[C@H](C[C@H]4[C@@H]5CC=C6C[C@@H](O[C@@H]7O[C@H](CO)[C@@H](O)[C@H](O[C@@H]8O[C@H](C)[C@H](O)[C@@H](O)[C@H]8O)[C@H]7O[C@H]7O[C@H](C)[C@H](O)[C@@H](O)[C@H]7O)CC[C@]6(C)[C@H]5CC[C@]34C)N2C1. The van der Waals surface area contributed by atoms with E-state index in [9.17, 15) is 40.9 Å². The van der Waals surface area contributed by atoms with Crippen molar-refractivity contribution in [2.24, 2.45) is 46.3 Å². The number of allylic oxidation sites excluding steroid dienone is 1. The Morgan fingerprint density at radius 3 is 1.98 bits per heavy atom. The smallest absolute Gasteiger partial charge is 0.187 e. The summed E-state index contributed by atoms with van der Waals surface area (Å²) in [6.45, 7) is 13.7. The quantitative estimate of drug-likeness (QED) is 0.169. The summed E-state index contributed by atoms with van der Waals surface area (Å²) in [5.74, 6) is 4.23. The molecule has 0 aromatic carbocycles. The minimum atomic E-state index is -1.72. The van der Waals surface area contributed by atoms with Crippen LogP contribution in [-0.2, 0) is 28.4 Å². The summed E-state index contributed by atoms with van der Waals surface area (Å²) in [4.78, 5) is 2.95. The Morgan fingerprint density at radius 2 is 1.33 bits per heavy atom. The van der Waals surface area contributed by atoms with Crippen molar-refractivity contribution < 1.29 is 69.3 Å². The van der Waals surface area contributed by atoms with Gasteiger partial charge in [-0.15, -0.1) is 0 Å². The highest BCUT2D eigenvalue weighted by molar-refractivity contribution is 5.27. The third-order valence-corrected chi connectivity index (χ3v) is 18.0. The van der Waals surface area contributed by atoms with Crippen LogP contribution in [0.5, 0.6) is 0 Å². The highest BCUT2D eigenvalue weighted by Gasteiger charge is 2.66. The first-order valence-electron chi connectivity index (χ1n) is 23.2. The summed E-state index contributed by atoms with van der Waals surface area (Å²) in [5.41, 5.74) is 1.78. The third-order valence-electron chi connectivity index (χ3n) is 18.0. The predicted molar refractivity (Wildman–Crippen MR) is 214 cm³/mol. The molecule has 5 saturated heterocycles. The fourth-order valence-corrected chi connectivity index (χ4v) is 14.7. The number of ether oxygens (including phenoxy) is 6. The Balaban J connectivity index is 0.950. The number of hydrogen-bond donors (Lipinski definition) is 8. The molecular formula is C45H73NO14. The predicted octanol–water partition coefficient (Wildman–Crippen LogP) is 1.18. The summed E-state index contributed by atoms with van der Waals surface area (Å²) in [6, 6.07) is 1.45. The first-order chi connectivity index (χ1) is 28.5. The van der Waals surface area contributed by atoms with Gasteiger partial charge in [0.25, 0.3) is 0 Å². The molecule has 0 unspecified atom stereocenters. The van der Waals surface area contributed by atoms with Gasteiger partial charge in [0.05, 0.1) is 24.9 Å². The van der Waals surface area contributed by atoms with Gasteiger partial charge in [0.2, 0.25) is 0 Å². The number of nitrogens with zero attached hydrogens (tertiary/aromatic N) is 1. The van der Waals surface area contributed by atoms with E-state index in [1.807, 2.05) is 0 Å².